The van der Waals surface area contributed by atoms with Gasteiger partial charge >= 0.3 is 0 Å². The van der Waals surface area contributed by atoms with Crippen molar-refractivity contribution in [3.8, 4) is 0 Å². The second-order valence-corrected chi connectivity index (χ2v) is 2.75. The molecule has 14 heavy (non-hydrogen) atoms. The van der Waals surface area contributed by atoms with E-state index in [0.29, 0.717) is 0 Å². The maximum Gasteiger partial charge on any atom is 0.0998 e. The molecule has 0 radical (unpaired) electrons. The first-order valence-corrected chi connectivity index (χ1v) is 5.28. The van der Waals surface area contributed by atoms with Gasteiger partial charge in [0, 0.05) is 13.5 Å². The lowest BCUT2D eigenvalue weighted by Gasteiger charge is -2.05. The molecule has 1 rings (SSSR count). The Balaban J connectivity index is 0. The topological polar surface area (TPSA) is 35.2 Å². The lowest BCUT2D eigenvalue weighted by Crippen LogP contribution is -1.92. The molecule has 0 spiro atoms. The van der Waals surface area contributed by atoms with Gasteiger partial charge in [0.1, 0.15) is 0 Å². The van der Waals surface area contributed by atoms with Gasteiger partial charge in [0.2, 0.25) is 0 Å². The van der Waals surface area contributed by atoms with Crippen LogP contribution in [0.4, 0.5) is 0 Å². The summed E-state index contributed by atoms with van der Waals surface area (Å²) in [5, 5.41) is 0. The lowest BCUT2D eigenvalue weighted by molar-refractivity contribution is 0.208. The van der Waals surface area contributed by atoms with Crippen molar-refractivity contribution in [1.82, 2.24) is 0 Å². The third kappa shape index (κ3) is 5.46. The maximum absolute atomic E-state index is 5.60. The van der Waals surface area contributed by atoms with Crippen molar-refractivity contribution in [2.24, 2.45) is 5.73 Å². The van der Waals surface area contributed by atoms with Crippen molar-refractivity contribution >= 4 is 0 Å². The molecule has 0 fully saturated rings. The third-order valence-electron chi connectivity index (χ3n) is 1.58. The van der Waals surface area contributed by atoms with Crippen molar-refractivity contribution in [3.63, 3.8) is 0 Å². The average molecular weight is 197 g/mol. The summed E-state index contributed by atoms with van der Waals surface area (Å²) in [5.74, 6) is 0.994. The zero-order chi connectivity index (χ0) is 10.8. The van der Waals surface area contributed by atoms with Gasteiger partial charge in [-0.25, -0.2) is 0 Å². The summed E-state index contributed by atoms with van der Waals surface area (Å²) in [4.78, 5) is 0. The molecule has 0 bridgehead atoms. The molecule has 0 unspecified atom stereocenters. The van der Waals surface area contributed by atoms with E-state index in [2.05, 4.69) is 6.92 Å². The first-order valence-electron chi connectivity index (χ1n) is 5.28. The van der Waals surface area contributed by atoms with Gasteiger partial charge in [-0.3, -0.25) is 0 Å². The smallest absolute Gasteiger partial charge is 0.0998 e. The Labute approximate surface area is 88.6 Å². The van der Waals surface area contributed by atoms with E-state index in [1.807, 2.05) is 38.2 Å². The molecule has 82 valence electrons. The maximum atomic E-state index is 5.60. The molecular weight excluding hydrogens is 174 g/mol. The Morgan fingerprint density at radius 1 is 1.43 bits per heavy atom. The molecule has 0 aliphatic heterocycles. The van der Waals surface area contributed by atoms with E-state index in [-0.39, 0.29) is 1.43 Å². The van der Waals surface area contributed by atoms with Gasteiger partial charge in [-0.1, -0.05) is 26.8 Å². The fraction of sp³-hybridized carbons (Fsp3) is 0.500. The quantitative estimate of drug-likeness (QED) is 0.753. The summed E-state index contributed by atoms with van der Waals surface area (Å²) in [6.45, 7) is 6.88. The van der Waals surface area contributed by atoms with Crippen molar-refractivity contribution in [3.05, 3.63) is 35.8 Å². The van der Waals surface area contributed by atoms with Gasteiger partial charge in [0.25, 0.3) is 0 Å². The number of nitrogens with two attached hydrogens (primary N) is 1. The monoisotopic (exact) mass is 197 g/mol. The van der Waals surface area contributed by atoms with Gasteiger partial charge in [-0.2, -0.15) is 0 Å². The zero-order valence-electron chi connectivity index (χ0n) is 9.42. The highest BCUT2D eigenvalue weighted by Gasteiger charge is 1.96. The zero-order valence-corrected chi connectivity index (χ0v) is 9.42. The molecule has 1 aliphatic carbocycles. The number of allylic oxidation sites excluding steroid dienone is 4. The highest BCUT2D eigenvalue weighted by Crippen LogP contribution is 2.10. The summed E-state index contributed by atoms with van der Waals surface area (Å²) in [7, 11) is 0. The lowest BCUT2D eigenvalue weighted by atomic mass is 10.3. The van der Waals surface area contributed by atoms with Crippen molar-refractivity contribution in [2.45, 2.75) is 33.6 Å². The minimum Gasteiger partial charge on any atom is -0.498 e. The fourth-order valence-electron chi connectivity index (χ4n) is 0.964. The minimum atomic E-state index is 0. The summed E-state index contributed by atoms with van der Waals surface area (Å²) < 4.78 is 5.47. The SMILES string of the molecule is CC.CCCOC1=CC=C(N)C=CC1.[HH]. The van der Waals surface area contributed by atoms with Crippen molar-refractivity contribution in [2.75, 3.05) is 6.61 Å². The molecule has 0 aromatic heterocycles. The van der Waals surface area contributed by atoms with Gasteiger partial charge in [-0.15, -0.1) is 0 Å². The van der Waals surface area contributed by atoms with Crippen LogP contribution in [0.3, 0.4) is 0 Å². The first kappa shape index (κ1) is 12.8. The summed E-state index contributed by atoms with van der Waals surface area (Å²) in [5.41, 5.74) is 6.38. The molecular formula is C12H23NO. The van der Waals surface area contributed by atoms with Crippen LogP contribution in [-0.4, -0.2) is 6.61 Å². The van der Waals surface area contributed by atoms with Crippen LogP contribution < -0.4 is 5.73 Å². The summed E-state index contributed by atoms with van der Waals surface area (Å²) in [6.07, 6.45) is 9.61. The fourth-order valence-corrected chi connectivity index (χ4v) is 0.964. The van der Waals surface area contributed by atoms with Crippen LogP contribution in [0, 0.1) is 0 Å². The predicted molar refractivity (Wildman–Crippen MR) is 63.8 cm³/mol. The van der Waals surface area contributed by atoms with Gasteiger partial charge in [0.15, 0.2) is 0 Å². The molecule has 0 amide bonds. The summed E-state index contributed by atoms with van der Waals surface area (Å²) >= 11 is 0. The highest BCUT2D eigenvalue weighted by atomic mass is 16.5. The van der Waals surface area contributed by atoms with E-state index in [1.54, 1.807) is 0 Å². The van der Waals surface area contributed by atoms with Crippen LogP contribution in [0.1, 0.15) is 35.0 Å². The van der Waals surface area contributed by atoms with Crippen LogP contribution in [0.15, 0.2) is 35.8 Å². The molecule has 2 heteroatoms. The van der Waals surface area contributed by atoms with Crippen LogP contribution in [0.5, 0.6) is 0 Å². The summed E-state index contributed by atoms with van der Waals surface area (Å²) in [6, 6.07) is 0. The molecule has 0 aromatic rings. The van der Waals surface area contributed by atoms with E-state index in [4.69, 9.17) is 10.5 Å². The number of ether oxygens (including phenoxy) is 1. The van der Waals surface area contributed by atoms with E-state index in [9.17, 15) is 0 Å². The van der Waals surface area contributed by atoms with Crippen molar-refractivity contribution in [1.29, 1.82) is 0 Å². The van der Waals surface area contributed by atoms with E-state index < -0.39 is 0 Å². The Bertz CT molecular complexity index is 232. The molecule has 0 heterocycles. The second-order valence-electron chi connectivity index (χ2n) is 2.75. The second kappa shape index (κ2) is 8.42. The Morgan fingerprint density at radius 2 is 2.14 bits per heavy atom. The standard InChI is InChI=1S/C10H15NO.C2H6.H2/c1-2-8-12-10-5-3-4-9(11)6-7-10;1-2;/h3-4,6-7H,2,5,8,11H2,1H3;1-2H3;1H. The predicted octanol–water partition coefficient (Wildman–Crippen LogP) is 3.37. The highest BCUT2D eigenvalue weighted by molar-refractivity contribution is 5.26. The van der Waals surface area contributed by atoms with Crippen LogP contribution >= 0.6 is 0 Å². The Kier molecular flexibility index (Phi) is 7.71. The Hall–Kier alpha value is -1.18. The normalized spacial score (nSPS) is 14.5. The van der Waals surface area contributed by atoms with Crippen LogP contribution in [0.25, 0.3) is 0 Å². The van der Waals surface area contributed by atoms with E-state index in [0.717, 1.165) is 30.9 Å². The molecule has 0 saturated heterocycles. The minimum absolute atomic E-state index is 0. The average Bonchev–Trinajstić information content (AvgIpc) is 2.43. The van der Waals surface area contributed by atoms with E-state index in [1.165, 1.54) is 0 Å². The van der Waals surface area contributed by atoms with Crippen LogP contribution in [0.2, 0.25) is 0 Å². The number of rotatable bonds is 3. The van der Waals surface area contributed by atoms with Gasteiger partial charge in [0.05, 0.1) is 12.4 Å². The number of hydrogen-bond acceptors (Lipinski definition) is 2. The molecule has 0 saturated carbocycles. The van der Waals surface area contributed by atoms with Crippen LogP contribution in [-0.2, 0) is 4.74 Å². The number of hydrogen-bond donors (Lipinski definition) is 1. The molecule has 0 atom stereocenters. The molecule has 0 aromatic carbocycles. The largest absolute Gasteiger partial charge is 0.498 e. The first-order chi connectivity index (χ1) is 6.83. The van der Waals surface area contributed by atoms with E-state index >= 15 is 0 Å². The van der Waals surface area contributed by atoms with Gasteiger partial charge in [-0.05, 0) is 24.6 Å². The Morgan fingerprint density at radius 3 is 2.79 bits per heavy atom. The molecule has 2 N–H and O–H groups in total. The molecule has 1 aliphatic rings. The third-order valence-corrected chi connectivity index (χ3v) is 1.58. The van der Waals surface area contributed by atoms with Gasteiger partial charge < -0.3 is 10.5 Å². The molecule has 2 nitrogen and oxygen atoms in total. The van der Waals surface area contributed by atoms with Crippen molar-refractivity contribution < 1.29 is 6.16 Å².